The minimum Gasteiger partial charge on any atom is -0.379 e. The second-order valence-electron chi connectivity index (χ2n) is 7.08. The van der Waals surface area contributed by atoms with Crippen LogP contribution in [0.4, 0.5) is 0 Å². The van der Waals surface area contributed by atoms with Crippen LogP contribution >= 0.6 is 11.3 Å². The fourth-order valence-electron chi connectivity index (χ4n) is 3.94. The molecule has 1 aliphatic rings. The first-order valence-corrected chi connectivity index (χ1v) is 10.7. The van der Waals surface area contributed by atoms with E-state index in [4.69, 9.17) is 10.00 Å². The van der Waals surface area contributed by atoms with E-state index in [2.05, 4.69) is 68.8 Å². The molecule has 0 bridgehead atoms. The first-order chi connectivity index (χ1) is 13.9. The third kappa shape index (κ3) is 4.29. The molecule has 5 nitrogen and oxygen atoms in total. The van der Waals surface area contributed by atoms with Gasteiger partial charge < -0.3 is 14.6 Å². The molecule has 0 aliphatic carbocycles. The van der Waals surface area contributed by atoms with Gasteiger partial charge in [-0.05, 0) is 23.1 Å². The van der Waals surface area contributed by atoms with Crippen LogP contribution in [-0.4, -0.2) is 42.3 Å². The predicted octanol–water partition coefficient (Wildman–Crippen LogP) is 3.78. The molecule has 0 saturated carbocycles. The summed E-state index contributed by atoms with van der Waals surface area (Å²) in [7, 11) is 0. The lowest BCUT2D eigenvalue weighted by atomic mass is 10.1. The fraction of sp³-hybridized carbons (Fsp3) is 0.409. The van der Waals surface area contributed by atoms with Crippen LogP contribution in [0.15, 0.2) is 48.0 Å². The number of aryl methyl sites for hydroxylation is 1. The summed E-state index contributed by atoms with van der Waals surface area (Å²) in [6.45, 7) is 6.07. The molecule has 1 aromatic carbocycles. The highest BCUT2D eigenvalue weighted by Crippen LogP contribution is 2.26. The molecule has 6 heteroatoms. The Kier molecular flexibility index (Phi) is 6.40. The van der Waals surface area contributed by atoms with Crippen molar-refractivity contribution >= 4 is 22.2 Å². The van der Waals surface area contributed by atoms with Gasteiger partial charge in [0.1, 0.15) is 0 Å². The largest absolute Gasteiger partial charge is 0.379 e. The Bertz CT molecular complexity index is 922. The molecule has 1 atom stereocenters. The van der Waals surface area contributed by atoms with Crippen LogP contribution < -0.4 is 5.32 Å². The van der Waals surface area contributed by atoms with Crippen molar-refractivity contribution in [2.75, 3.05) is 32.8 Å². The summed E-state index contributed by atoms with van der Waals surface area (Å²) in [6.07, 6.45) is 2.73. The van der Waals surface area contributed by atoms with Gasteiger partial charge in [-0.2, -0.15) is 5.26 Å². The van der Waals surface area contributed by atoms with Gasteiger partial charge in [-0.25, -0.2) is 0 Å². The van der Waals surface area contributed by atoms with Crippen molar-refractivity contribution in [2.24, 2.45) is 0 Å². The Hall–Kier alpha value is -2.17. The number of morpholine rings is 1. The normalized spacial score (nSPS) is 16.2. The maximum absolute atomic E-state index is 8.94. The third-order valence-corrected chi connectivity index (χ3v) is 6.32. The molecule has 0 radical (unpaired) electrons. The lowest BCUT2D eigenvalue weighted by molar-refractivity contribution is 0.0168. The van der Waals surface area contributed by atoms with E-state index < -0.39 is 0 Å². The number of benzene rings is 1. The molecule has 146 valence electrons. The minimum absolute atomic E-state index is 0.385. The molecule has 28 heavy (non-hydrogen) atoms. The number of nitrogens with one attached hydrogen (secondary N) is 1. The van der Waals surface area contributed by atoms with Crippen LogP contribution in [0.5, 0.6) is 0 Å². The average molecular weight is 395 g/mol. The molecular formula is C22H26N4OS. The second-order valence-corrected chi connectivity index (χ2v) is 8.06. The molecule has 0 spiro atoms. The SMILES string of the molecule is N#CCCn1cc(CNCC(c2cccs2)N2CCOCC2)c2ccccc21. The molecule has 3 heterocycles. The maximum atomic E-state index is 8.94. The standard InChI is InChI=1S/C22H26N4OS/c23-8-4-9-26-17-18(19-5-1-2-6-20(19)26)15-24-16-21(22-7-3-14-28-22)25-10-12-27-13-11-25/h1-3,5-7,14,17,21,24H,4,9-13,15-16H2. The Morgan fingerprint density at radius 3 is 2.82 bits per heavy atom. The lowest BCUT2D eigenvalue weighted by Gasteiger charge is -2.34. The summed E-state index contributed by atoms with van der Waals surface area (Å²) < 4.78 is 7.74. The van der Waals surface area contributed by atoms with Gasteiger partial charge in [0.05, 0.1) is 31.7 Å². The van der Waals surface area contributed by atoms with Gasteiger partial charge in [0.25, 0.3) is 0 Å². The monoisotopic (exact) mass is 394 g/mol. The Labute approximate surface area is 170 Å². The Balaban J connectivity index is 1.46. The molecule has 3 aromatic rings. The van der Waals surface area contributed by atoms with Gasteiger partial charge in [0.15, 0.2) is 0 Å². The van der Waals surface area contributed by atoms with E-state index in [1.807, 2.05) is 11.3 Å². The van der Waals surface area contributed by atoms with Crippen molar-refractivity contribution in [3.05, 3.63) is 58.4 Å². The van der Waals surface area contributed by atoms with E-state index >= 15 is 0 Å². The molecule has 1 saturated heterocycles. The number of para-hydroxylation sites is 1. The van der Waals surface area contributed by atoms with Gasteiger partial charge in [-0.15, -0.1) is 11.3 Å². The van der Waals surface area contributed by atoms with E-state index in [0.29, 0.717) is 12.5 Å². The van der Waals surface area contributed by atoms with Gasteiger partial charge in [0, 0.05) is 54.7 Å². The van der Waals surface area contributed by atoms with Crippen molar-refractivity contribution in [3.63, 3.8) is 0 Å². The topological polar surface area (TPSA) is 53.2 Å². The number of nitriles is 1. The highest BCUT2D eigenvalue weighted by Gasteiger charge is 2.23. The molecular weight excluding hydrogens is 368 g/mol. The number of aromatic nitrogens is 1. The number of ether oxygens (including phenoxy) is 1. The summed E-state index contributed by atoms with van der Waals surface area (Å²) in [4.78, 5) is 3.93. The van der Waals surface area contributed by atoms with E-state index in [0.717, 1.165) is 45.9 Å². The lowest BCUT2D eigenvalue weighted by Crippen LogP contribution is -2.42. The van der Waals surface area contributed by atoms with Crippen molar-refractivity contribution in [1.29, 1.82) is 5.26 Å². The van der Waals surface area contributed by atoms with Gasteiger partial charge in [0.2, 0.25) is 0 Å². The third-order valence-electron chi connectivity index (χ3n) is 5.35. The van der Waals surface area contributed by atoms with Crippen molar-refractivity contribution < 1.29 is 4.74 Å². The first-order valence-electron chi connectivity index (χ1n) is 9.86. The Morgan fingerprint density at radius 2 is 2.04 bits per heavy atom. The van der Waals surface area contributed by atoms with Crippen LogP contribution in [-0.2, 0) is 17.8 Å². The van der Waals surface area contributed by atoms with Crippen LogP contribution in [0.2, 0.25) is 0 Å². The van der Waals surface area contributed by atoms with Crippen molar-refractivity contribution in [2.45, 2.75) is 25.6 Å². The summed E-state index contributed by atoms with van der Waals surface area (Å²) in [5, 5.41) is 16.1. The summed E-state index contributed by atoms with van der Waals surface area (Å²) >= 11 is 1.83. The van der Waals surface area contributed by atoms with Gasteiger partial charge >= 0.3 is 0 Å². The summed E-state index contributed by atoms with van der Waals surface area (Å²) in [5.74, 6) is 0. The van der Waals surface area contributed by atoms with E-state index in [9.17, 15) is 0 Å². The van der Waals surface area contributed by atoms with Crippen molar-refractivity contribution in [3.8, 4) is 6.07 Å². The second kappa shape index (κ2) is 9.35. The van der Waals surface area contributed by atoms with E-state index in [1.165, 1.54) is 21.3 Å². The van der Waals surface area contributed by atoms with E-state index in [-0.39, 0.29) is 0 Å². The first kappa shape index (κ1) is 19.2. The molecule has 1 N–H and O–H groups in total. The van der Waals surface area contributed by atoms with Crippen LogP contribution in [0.3, 0.4) is 0 Å². The fourth-order valence-corrected chi connectivity index (χ4v) is 4.80. The van der Waals surface area contributed by atoms with Crippen LogP contribution in [0.25, 0.3) is 10.9 Å². The Morgan fingerprint density at radius 1 is 1.18 bits per heavy atom. The summed E-state index contributed by atoms with van der Waals surface area (Å²) in [5.41, 5.74) is 2.50. The molecule has 2 aromatic heterocycles. The molecule has 1 fully saturated rings. The van der Waals surface area contributed by atoms with Crippen molar-refractivity contribution in [1.82, 2.24) is 14.8 Å². The zero-order chi connectivity index (χ0) is 19.2. The zero-order valence-corrected chi connectivity index (χ0v) is 16.8. The molecule has 0 amide bonds. The highest BCUT2D eigenvalue weighted by molar-refractivity contribution is 7.10. The number of hydrogen-bond acceptors (Lipinski definition) is 5. The molecule has 1 unspecified atom stereocenters. The predicted molar refractivity (Wildman–Crippen MR) is 113 cm³/mol. The summed E-state index contributed by atoms with van der Waals surface area (Å²) in [6, 6.07) is 15.5. The highest BCUT2D eigenvalue weighted by atomic mass is 32.1. The molecule has 4 rings (SSSR count). The van der Waals surface area contributed by atoms with Gasteiger partial charge in [-0.1, -0.05) is 24.3 Å². The number of hydrogen-bond donors (Lipinski definition) is 1. The smallest absolute Gasteiger partial charge is 0.0640 e. The average Bonchev–Trinajstić information content (AvgIpc) is 3.39. The number of thiophene rings is 1. The number of nitrogens with zero attached hydrogens (tertiary/aromatic N) is 3. The van der Waals surface area contributed by atoms with Crippen LogP contribution in [0, 0.1) is 11.3 Å². The van der Waals surface area contributed by atoms with Gasteiger partial charge in [-0.3, -0.25) is 4.90 Å². The minimum atomic E-state index is 0.385. The molecule has 1 aliphatic heterocycles. The quantitative estimate of drug-likeness (QED) is 0.632. The maximum Gasteiger partial charge on any atom is 0.0640 e. The van der Waals surface area contributed by atoms with E-state index in [1.54, 1.807) is 0 Å². The van der Waals surface area contributed by atoms with Crippen LogP contribution in [0.1, 0.15) is 22.9 Å². The zero-order valence-electron chi connectivity index (χ0n) is 16.0. The number of fused-ring (bicyclic) bond motifs is 1. The number of rotatable bonds is 8.